The molecule has 4 rings (SSSR count). The number of nitrogens with zero attached hydrogens (tertiary/aromatic N) is 2. The summed E-state index contributed by atoms with van der Waals surface area (Å²) < 4.78 is 1.05. The molecule has 1 aliphatic heterocycles. The molecule has 1 atom stereocenters. The summed E-state index contributed by atoms with van der Waals surface area (Å²) in [5.74, 6) is -0.104. The number of carbonyl (C=O) groups excluding carboxylic acids is 2. The van der Waals surface area contributed by atoms with Crippen LogP contribution in [0, 0.1) is 8.98 Å². The van der Waals surface area contributed by atoms with E-state index in [9.17, 15) is 9.59 Å². The quantitative estimate of drug-likeness (QED) is 0.359. The minimum atomic E-state index is -1.01. The van der Waals surface area contributed by atoms with Crippen LogP contribution in [-0.2, 0) is 16.9 Å². The van der Waals surface area contributed by atoms with Crippen LogP contribution in [0.5, 0.6) is 0 Å². The Hall–Kier alpha value is -3.47. The van der Waals surface area contributed by atoms with Gasteiger partial charge in [0.2, 0.25) is 0 Å². The SMILES string of the molecule is CN1C(=N)NC(C)(c2cccc(-c3cc(I)ccc3CNC(=O)Nc3cccnc3)c2)C1=O. The van der Waals surface area contributed by atoms with Crippen molar-refractivity contribution in [1.82, 2.24) is 20.5 Å². The first-order valence-corrected chi connectivity index (χ1v) is 11.3. The highest BCUT2D eigenvalue weighted by Crippen LogP contribution is 2.32. The van der Waals surface area contributed by atoms with Crippen molar-refractivity contribution in [3.63, 3.8) is 0 Å². The molecule has 0 radical (unpaired) electrons. The molecule has 0 saturated carbocycles. The van der Waals surface area contributed by atoms with Gasteiger partial charge in [0.05, 0.1) is 11.9 Å². The molecule has 2 aromatic carbocycles. The molecule has 1 fully saturated rings. The molecule has 1 aliphatic rings. The summed E-state index contributed by atoms with van der Waals surface area (Å²) in [6.45, 7) is 2.11. The van der Waals surface area contributed by atoms with E-state index in [2.05, 4.69) is 49.6 Å². The predicted octanol–water partition coefficient (Wildman–Crippen LogP) is 3.89. The average molecular weight is 554 g/mol. The van der Waals surface area contributed by atoms with E-state index < -0.39 is 5.54 Å². The maximum absolute atomic E-state index is 12.8. The lowest BCUT2D eigenvalue weighted by Crippen LogP contribution is -2.40. The molecule has 33 heavy (non-hydrogen) atoms. The lowest BCUT2D eigenvalue weighted by molar-refractivity contribution is -0.129. The van der Waals surface area contributed by atoms with Gasteiger partial charge < -0.3 is 16.0 Å². The van der Waals surface area contributed by atoms with Gasteiger partial charge in [0.25, 0.3) is 5.91 Å². The molecular formula is C24H23IN6O2. The molecule has 0 spiro atoms. The van der Waals surface area contributed by atoms with Crippen molar-refractivity contribution in [2.75, 3.05) is 12.4 Å². The van der Waals surface area contributed by atoms with Gasteiger partial charge in [0, 0.05) is 23.4 Å². The summed E-state index contributed by atoms with van der Waals surface area (Å²) >= 11 is 2.26. The highest BCUT2D eigenvalue weighted by atomic mass is 127. The van der Waals surface area contributed by atoms with E-state index in [1.807, 2.05) is 36.4 Å². The van der Waals surface area contributed by atoms with E-state index in [-0.39, 0.29) is 17.9 Å². The number of amides is 3. The van der Waals surface area contributed by atoms with E-state index in [1.54, 1.807) is 38.5 Å². The zero-order chi connectivity index (χ0) is 23.6. The molecule has 2 heterocycles. The number of hydrogen-bond acceptors (Lipinski definition) is 4. The third-order valence-electron chi connectivity index (χ3n) is 5.62. The molecule has 1 unspecified atom stereocenters. The van der Waals surface area contributed by atoms with Crippen LogP contribution in [0.15, 0.2) is 67.0 Å². The monoisotopic (exact) mass is 554 g/mol. The third kappa shape index (κ3) is 4.68. The highest BCUT2D eigenvalue weighted by molar-refractivity contribution is 14.1. The molecule has 3 aromatic rings. The normalized spacial score (nSPS) is 17.6. The van der Waals surface area contributed by atoms with Crippen molar-refractivity contribution in [1.29, 1.82) is 5.41 Å². The largest absolute Gasteiger partial charge is 0.338 e. The van der Waals surface area contributed by atoms with Crippen molar-refractivity contribution in [3.05, 3.63) is 81.7 Å². The van der Waals surface area contributed by atoms with E-state index in [4.69, 9.17) is 5.41 Å². The van der Waals surface area contributed by atoms with Crippen molar-refractivity contribution >= 4 is 46.2 Å². The van der Waals surface area contributed by atoms with Crippen LogP contribution in [0.4, 0.5) is 10.5 Å². The smallest absolute Gasteiger partial charge is 0.319 e. The number of urea groups is 1. The summed E-state index contributed by atoms with van der Waals surface area (Å²) in [6, 6.07) is 16.9. The number of likely N-dealkylation sites (N-methyl/N-ethyl adjacent to an activating group) is 1. The van der Waals surface area contributed by atoms with Crippen molar-refractivity contribution in [3.8, 4) is 11.1 Å². The second kappa shape index (κ2) is 9.18. The number of rotatable bonds is 5. The van der Waals surface area contributed by atoms with Gasteiger partial charge >= 0.3 is 6.03 Å². The summed E-state index contributed by atoms with van der Waals surface area (Å²) in [7, 11) is 1.59. The first-order chi connectivity index (χ1) is 15.8. The van der Waals surface area contributed by atoms with Crippen LogP contribution in [-0.4, -0.2) is 34.8 Å². The summed E-state index contributed by atoms with van der Waals surface area (Å²) in [5, 5.41) is 16.6. The van der Waals surface area contributed by atoms with Gasteiger partial charge in [-0.25, -0.2) is 4.79 Å². The molecule has 9 heteroatoms. The number of nitrogens with one attached hydrogen (secondary N) is 4. The lowest BCUT2D eigenvalue weighted by Gasteiger charge is -2.23. The number of anilines is 1. The van der Waals surface area contributed by atoms with Gasteiger partial charge in [0.1, 0.15) is 5.54 Å². The topological polar surface area (TPSA) is 110 Å². The number of pyridine rings is 1. The predicted molar refractivity (Wildman–Crippen MR) is 136 cm³/mol. The number of carbonyl (C=O) groups is 2. The Kier molecular flexibility index (Phi) is 6.32. The molecule has 168 valence electrons. The Balaban J connectivity index is 1.59. The highest BCUT2D eigenvalue weighted by Gasteiger charge is 2.45. The van der Waals surface area contributed by atoms with E-state index in [0.29, 0.717) is 12.2 Å². The molecule has 0 bridgehead atoms. The maximum Gasteiger partial charge on any atom is 0.319 e. The number of guanidine groups is 1. The second-order valence-corrected chi connectivity index (χ2v) is 9.14. The average Bonchev–Trinajstić information content (AvgIpc) is 3.02. The molecule has 1 saturated heterocycles. The van der Waals surface area contributed by atoms with Crippen LogP contribution >= 0.6 is 22.6 Å². The Morgan fingerprint density at radius 2 is 2.03 bits per heavy atom. The molecule has 0 aliphatic carbocycles. The Morgan fingerprint density at radius 1 is 1.21 bits per heavy atom. The molecule has 8 nitrogen and oxygen atoms in total. The van der Waals surface area contributed by atoms with Crippen LogP contribution in [0.2, 0.25) is 0 Å². The second-order valence-electron chi connectivity index (χ2n) is 7.89. The number of hydrogen-bond donors (Lipinski definition) is 4. The Morgan fingerprint density at radius 3 is 2.73 bits per heavy atom. The van der Waals surface area contributed by atoms with Gasteiger partial charge in [-0.3, -0.25) is 20.1 Å². The molecule has 3 amide bonds. The number of aromatic nitrogens is 1. The summed E-state index contributed by atoms with van der Waals surface area (Å²) in [6.07, 6.45) is 3.22. The maximum atomic E-state index is 12.8. The van der Waals surface area contributed by atoms with Crippen LogP contribution in [0.25, 0.3) is 11.1 Å². The molecule has 1 aromatic heterocycles. The zero-order valence-corrected chi connectivity index (χ0v) is 20.3. The number of benzene rings is 2. The first kappa shape index (κ1) is 22.7. The van der Waals surface area contributed by atoms with E-state index in [1.165, 1.54) is 4.90 Å². The molecular weight excluding hydrogens is 531 g/mol. The van der Waals surface area contributed by atoms with Gasteiger partial charge in [-0.2, -0.15) is 0 Å². The van der Waals surface area contributed by atoms with Crippen LogP contribution in [0.3, 0.4) is 0 Å². The Labute approximate surface area is 205 Å². The van der Waals surface area contributed by atoms with Crippen LogP contribution < -0.4 is 16.0 Å². The fourth-order valence-corrected chi connectivity index (χ4v) is 4.25. The zero-order valence-electron chi connectivity index (χ0n) is 18.1. The third-order valence-corrected chi connectivity index (χ3v) is 6.29. The number of halogens is 1. The van der Waals surface area contributed by atoms with Gasteiger partial charge in [-0.05, 0) is 82.1 Å². The standard InChI is InChI=1S/C24H23IN6O2/c1-24(21(32)31(2)22(26)30-24)17-6-3-5-15(11-17)20-12-18(25)9-8-16(20)13-28-23(33)29-19-7-4-10-27-14-19/h3-12,14H,13H2,1-2H3,(H2,26,30)(H2,28,29,33). The van der Waals surface area contributed by atoms with E-state index >= 15 is 0 Å². The summed E-state index contributed by atoms with van der Waals surface area (Å²) in [5.41, 5.74) is 3.20. The minimum Gasteiger partial charge on any atom is -0.338 e. The lowest BCUT2D eigenvalue weighted by atomic mass is 9.88. The van der Waals surface area contributed by atoms with Gasteiger partial charge in [0.15, 0.2) is 5.96 Å². The Bertz CT molecular complexity index is 1230. The minimum absolute atomic E-state index is 0.0756. The van der Waals surface area contributed by atoms with Crippen LogP contribution in [0.1, 0.15) is 18.1 Å². The van der Waals surface area contributed by atoms with Crippen molar-refractivity contribution in [2.45, 2.75) is 19.0 Å². The van der Waals surface area contributed by atoms with Crippen molar-refractivity contribution < 1.29 is 9.59 Å². The summed E-state index contributed by atoms with van der Waals surface area (Å²) in [4.78, 5) is 30.4. The first-order valence-electron chi connectivity index (χ1n) is 10.3. The fraction of sp³-hybridized carbons (Fsp3) is 0.167. The van der Waals surface area contributed by atoms with Gasteiger partial charge in [-0.1, -0.05) is 24.3 Å². The fourth-order valence-electron chi connectivity index (χ4n) is 3.76. The van der Waals surface area contributed by atoms with Gasteiger partial charge in [-0.15, -0.1) is 0 Å². The van der Waals surface area contributed by atoms with E-state index in [0.717, 1.165) is 25.8 Å². The molecule has 4 N–H and O–H groups in total. The van der Waals surface area contributed by atoms with Crippen molar-refractivity contribution in [2.24, 2.45) is 0 Å².